The maximum Gasteiger partial charge on any atom is 0.274 e. The Bertz CT molecular complexity index is 1100. The maximum atomic E-state index is 13.5. The van der Waals surface area contributed by atoms with Crippen molar-refractivity contribution in [1.29, 1.82) is 0 Å². The second kappa shape index (κ2) is 6.44. The van der Waals surface area contributed by atoms with Gasteiger partial charge in [0.05, 0.1) is 7.11 Å². The van der Waals surface area contributed by atoms with E-state index in [0.29, 0.717) is 24.3 Å². The van der Waals surface area contributed by atoms with Crippen LogP contribution in [0.1, 0.15) is 32.0 Å². The third-order valence-corrected chi connectivity index (χ3v) is 5.73. The van der Waals surface area contributed by atoms with Crippen LogP contribution in [0.3, 0.4) is 0 Å². The summed E-state index contributed by atoms with van der Waals surface area (Å²) in [7, 11) is 1.61. The van der Waals surface area contributed by atoms with E-state index in [1.165, 1.54) is 0 Å². The van der Waals surface area contributed by atoms with Crippen LogP contribution in [-0.2, 0) is 5.66 Å². The number of benzene rings is 2. The van der Waals surface area contributed by atoms with Gasteiger partial charge in [-0.3, -0.25) is 14.6 Å². The highest BCUT2D eigenvalue weighted by Gasteiger charge is 2.59. The van der Waals surface area contributed by atoms with Gasteiger partial charge in [-0.2, -0.15) is 0 Å². The highest BCUT2D eigenvalue weighted by atomic mass is 16.5. The fraction of sp³-hybridized carbons (Fsp3) is 0.174. The predicted octanol–water partition coefficient (Wildman–Crippen LogP) is 2.90. The van der Waals surface area contributed by atoms with E-state index in [4.69, 9.17) is 4.74 Å². The molecule has 2 aliphatic rings. The number of fused-ring (bicyclic) bond motifs is 3. The summed E-state index contributed by atoms with van der Waals surface area (Å²) < 4.78 is 5.30. The van der Waals surface area contributed by atoms with E-state index in [9.17, 15) is 9.59 Å². The first-order valence-corrected chi connectivity index (χ1v) is 9.47. The Balaban J connectivity index is 1.74. The van der Waals surface area contributed by atoms with Crippen LogP contribution in [0.5, 0.6) is 5.75 Å². The van der Waals surface area contributed by atoms with Gasteiger partial charge in [-0.05, 0) is 30.3 Å². The summed E-state index contributed by atoms with van der Waals surface area (Å²) in [5.74, 6) is 0.455. The number of rotatable bonds is 3. The normalized spacial score (nSPS) is 19.8. The highest BCUT2D eigenvalue weighted by molar-refractivity contribution is 6.03. The molecule has 1 unspecified atom stereocenters. The minimum Gasteiger partial charge on any atom is -0.497 e. The summed E-state index contributed by atoms with van der Waals surface area (Å²) in [4.78, 5) is 34.5. The van der Waals surface area contributed by atoms with Crippen LogP contribution in [0.4, 0.5) is 0 Å². The average Bonchev–Trinajstić information content (AvgIpc) is 3.30. The summed E-state index contributed by atoms with van der Waals surface area (Å²) in [5, 5.41) is 0. The number of aromatic nitrogens is 1. The molecule has 1 aromatic heterocycles. The van der Waals surface area contributed by atoms with Crippen LogP contribution in [0.25, 0.3) is 0 Å². The molecule has 1 fully saturated rings. The number of carbonyl (C=O) groups is 2. The van der Waals surface area contributed by atoms with Crippen LogP contribution in [0.2, 0.25) is 0 Å². The molecule has 0 saturated carbocycles. The van der Waals surface area contributed by atoms with E-state index in [-0.39, 0.29) is 11.8 Å². The monoisotopic (exact) mass is 385 g/mol. The lowest BCUT2D eigenvalue weighted by Gasteiger charge is -2.40. The van der Waals surface area contributed by atoms with E-state index in [2.05, 4.69) is 4.98 Å². The van der Waals surface area contributed by atoms with Crippen molar-refractivity contribution in [2.75, 3.05) is 20.2 Å². The molecule has 0 N–H and O–H groups in total. The van der Waals surface area contributed by atoms with Gasteiger partial charge in [0.15, 0.2) is 5.66 Å². The van der Waals surface area contributed by atoms with E-state index in [1.54, 1.807) is 41.3 Å². The molecule has 6 heteroatoms. The van der Waals surface area contributed by atoms with Gasteiger partial charge in [0, 0.05) is 36.0 Å². The first-order valence-electron chi connectivity index (χ1n) is 9.47. The van der Waals surface area contributed by atoms with Gasteiger partial charge in [0.1, 0.15) is 11.4 Å². The Morgan fingerprint density at radius 2 is 1.76 bits per heavy atom. The number of carbonyl (C=O) groups excluding carboxylic acids is 2. The summed E-state index contributed by atoms with van der Waals surface area (Å²) in [5.41, 5.74) is 1.66. The standard InChI is InChI=1S/C23H19N3O3/c1-29-17-11-9-16(10-12-17)23-19-7-3-2-6-18(19)21(27)25(23)14-15-26(23)22(28)20-8-4-5-13-24-20/h2-13H,14-15H2,1H3. The van der Waals surface area contributed by atoms with Crippen molar-refractivity contribution < 1.29 is 14.3 Å². The Labute approximate surface area is 168 Å². The summed E-state index contributed by atoms with van der Waals surface area (Å²) >= 11 is 0. The lowest BCUT2D eigenvalue weighted by Crippen LogP contribution is -2.51. The SMILES string of the molecule is COc1ccc(C23c4ccccc4C(=O)N2CCN3C(=O)c2ccccn2)cc1. The topological polar surface area (TPSA) is 62.7 Å². The largest absolute Gasteiger partial charge is 0.497 e. The molecule has 2 aromatic carbocycles. The van der Waals surface area contributed by atoms with Gasteiger partial charge >= 0.3 is 0 Å². The Morgan fingerprint density at radius 3 is 2.48 bits per heavy atom. The summed E-state index contributed by atoms with van der Waals surface area (Å²) in [6.07, 6.45) is 1.61. The first kappa shape index (κ1) is 17.4. The molecule has 0 radical (unpaired) electrons. The molecular weight excluding hydrogens is 366 g/mol. The molecule has 6 nitrogen and oxygen atoms in total. The predicted molar refractivity (Wildman–Crippen MR) is 107 cm³/mol. The zero-order chi connectivity index (χ0) is 20.0. The number of amides is 2. The number of hydrogen-bond donors (Lipinski definition) is 0. The molecule has 0 aliphatic carbocycles. The second-order valence-electron chi connectivity index (χ2n) is 7.07. The fourth-order valence-corrected chi connectivity index (χ4v) is 4.49. The zero-order valence-corrected chi connectivity index (χ0v) is 15.9. The van der Waals surface area contributed by atoms with E-state index < -0.39 is 5.66 Å². The van der Waals surface area contributed by atoms with Crippen LogP contribution in [0, 0.1) is 0 Å². The van der Waals surface area contributed by atoms with Crippen molar-refractivity contribution in [2.24, 2.45) is 0 Å². The van der Waals surface area contributed by atoms with Gasteiger partial charge in [-0.15, -0.1) is 0 Å². The molecular formula is C23H19N3O3. The minimum absolute atomic E-state index is 0.0623. The molecule has 0 spiro atoms. The summed E-state index contributed by atoms with van der Waals surface area (Å²) in [6, 6.07) is 20.3. The fourth-order valence-electron chi connectivity index (χ4n) is 4.49. The van der Waals surface area contributed by atoms with Crippen molar-refractivity contribution in [3.63, 3.8) is 0 Å². The van der Waals surface area contributed by atoms with Gasteiger partial charge in [0.25, 0.3) is 11.8 Å². The van der Waals surface area contributed by atoms with Crippen LogP contribution in [-0.4, -0.2) is 46.8 Å². The van der Waals surface area contributed by atoms with Crippen molar-refractivity contribution >= 4 is 11.8 Å². The smallest absolute Gasteiger partial charge is 0.274 e. The Morgan fingerprint density at radius 1 is 1.00 bits per heavy atom. The number of pyridine rings is 1. The Hall–Kier alpha value is -3.67. The molecule has 1 saturated heterocycles. The first-order chi connectivity index (χ1) is 14.2. The number of nitrogens with zero attached hydrogens (tertiary/aromatic N) is 3. The second-order valence-corrected chi connectivity index (χ2v) is 7.07. The third kappa shape index (κ3) is 2.32. The third-order valence-electron chi connectivity index (χ3n) is 5.73. The number of hydrogen-bond acceptors (Lipinski definition) is 4. The molecule has 0 bridgehead atoms. The molecule has 3 heterocycles. The highest BCUT2D eigenvalue weighted by Crippen LogP contribution is 2.50. The molecule has 5 rings (SSSR count). The lowest BCUT2D eigenvalue weighted by atomic mass is 9.89. The lowest BCUT2D eigenvalue weighted by molar-refractivity contribution is 0.0371. The average molecular weight is 385 g/mol. The van der Waals surface area contributed by atoms with E-state index in [1.807, 2.05) is 48.5 Å². The number of methoxy groups -OCH3 is 1. The molecule has 1 atom stereocenters. The van der Waals surface area contributed by atoms with Gasteiger partial charge < -0.3 is 14.5 Å². The van der Waals surface area contributed by atoms with Gasteiger partial charge in [0.2, 0.25) is 0 Å². The van der Waals surface area contributed by atoms with Crippen LogP contribution >= 0.6 is 0 Å². The molecule has 2 aliphatic heterocycles. The molecule has 3 aromatic rings. The van der Waals surface area contributed by atoms with Crippen molar-refractivity contribution in [3.05, 3.63) is 95.3 Å². The summed E-state index contributed by atoms with van der Waals surface area (Å²) in [6.45, 7) is 0.889. The zero-order valence-electron chi connectivity index (χ0n) is 15.9. The van der Waals surface area contributed by atoms with Crippen LogP contribution < -0.4 is 4.74 Å². The quantitative estimate of drug-likeness (QED) is 0.696. The Kier molecular flexibility index (Phi) is 3.87. The number of ether oxygens (including phenoxy) is 1. The van der Waals surface area contributed by atoms with Crippen molar-refractivity contribution in [3.8, 4) is 5.75 Å². The van der Waals surface area contributed by atoms with Crippen molar-refractivity contribution in [1.82, 2.24) is 14.8 Å². The van der Waals surface area contributed by atoms with Gasteiger partial charge in [-0.1, -0.05) is 36.4 Å². The van der Waals surface area contributed by atoms with Crippen molar-refractivity contribution in [2.45, 2.75) is 5.66 Å². The van der Waals surface area contributed by atoms with Crippen LogP contribution in [0.15, 0.2) is 72.9 Å². The molecule has 144 valence electrons. The molecule has 29 heavy (non-hydrogen) atoms. The molecule has 2 amide bonds. The van der Waals surface area contributed by atoms with E-state index in [0.717, 1.165) is 16.9 Å². The minimum atomic E-state index is -0.992. The van der Waals surface area contributed by atoms with Gasteiger partial charge in [-0.25, -0.2) is 0 Å². The van der Waals surface area contributed by atoms with E-state index >= 15 is 0 Å². The maximum absolute atomic E-state index is 13.5.